The summed E-state index contributed by atoms with van der Waals surface area (Å²) >= 11 is 6.19. The van der Waals surface area contributed by atoms with Crippen molar-refractivity contribution in [3.05, 3.63) is 52.8 Å². The highest BCUT2D eigenvalue weighted by Crippen LogP contribution is 2.27. The van der Waals surface area contributed by atoms with Crippen LogP contribution in [0, 0.1) is 0 Å². The molecule has 1 amide bonds. The van der Waals surface area contributed by atoms with Crippen molar-refractivity contribution in [2.45, 2.75) is 19.0 Å². The number of carbonyl (C=O) groups excluding carboxylic acids is 1. The Morgan fingerprint density at radius 2 is 2.11 bits per heavy atom. The largest absolute Gasteiger partial charge is 0.366 e. The zero-order valence-electron chi connectivity index (χ0n) is 10.5. The number of halogens is 1. The summed E-state index contributed by atoms with van der Waals surface area (Å²) in [5, 5.41) is 4.77. The highest BCUT2D eigenvalue weighted by Gasteiger charge is 2.22. The van der Waals surface area contributed by atoms with Gasteiger partial charge >= 0.3 is 0 Å². The van der Waals surface area contributed by atoms with Crippen molar-refractivity contribution >= 4 is 17.5 Å². The standard InChI is InChI=1S/C13H15ClN4O/c1-8(15)12(10-4-2-3-5-11(10)14)18-7-9(6-17-18)13(16)19/h2-8,12H,15H2,1H3,(H2,16,19). The lowest BCUT2D eigenvalue weighted by atomic mass is 10.0. The van der Waals surface area contributed by atoms with Crippen molar-refractivity contribution in [2.24, 2.45) is 11.5 Å². The van der Waals surface area contributed by atoms with E-state index < -0.39 is 5.91 Å². The van der Waals surface area contributed by atoms with Crippen molar-refractivity contribution in [3.63, 3.8) is 0 Å². The molecule has 1 aromatic heterocycles. The molecule has 0 aliphatic rings. The van der Waals surface area contributed by atoms with E-state index in [0.29, 0.717) is 10.6 Å². The molecule has 0 spiro atoms. The summed E-state index contributed by atoms with van der Waals surface area (Å²) in [7, 11) is 0. The van der Waals surface area contributed by atoms with E-state index in [0.717, 1.165) is 5.56 Å². The Balaban J connectivity index is 2.46. The van der Waals surface area contributed by atoms with Crippen molar-refractivity contribution < 1.29 is 4.79 Å². The molecular weight excluding hydrogens is 264 g/mol. The van der Waals surface area contributed by atoms with Crippen LogP contribution in [0.2, 0.25) is 5.02 Å². The Bertz CT molecular complexity index is 594. The predicted octanol–water partition coefficient (Wildman–Crippen LogP) is 1.57. The second-order valence-electron chi connectivity index (χ2n) is 4.40. The minimum atomic E-state index is -0.520. The monoisotopic (exact) mass is 278 g/mol. The van der Waals surface area contributed by atoms with Gasteiger partial charge in [0.2, 0.25) is 0 Å². The van der Waals surface area contributed by atoms with Gasteiger partial charge in [0.05, 0.1) is 17.8 Å². The van der Waals surface area contributed by atoms with Gasteiger partial charge in [-0.2, -0.15) is 5.10 Å². The molecule has 2 unspecified atom stereocenters. The minimum Gasteiger partial charge on any atom is -0.366 e. The van der Waals surface area contributed by atoms with Crippen LogP contribution in [0.4, 0.5) is 0 Å². The molecule has 19 heavy (non-hydrogen) atoms. The van der Waals surface area contributed by atoms with Crippen LogP contribution in [0.1, 0.15) is 28.9 Å². The van der Waals surface area contributed by atoms with Crippen LogP contribution in [-0.2, 0) is 0 Å². The topological polar surface area (TPSA) is 86.9 Å². The van der Waals surface area contributed by atoms with Gasteiger partial charge in [0.15, 0.2) is 0 Å². The van der Waals surface area contributed by atoms with E-state index in [1.165, 1.54) is 6.20 Å². The Kier molecular flexibility index (Phi) is 3.87. The Morgan fingerprint density at radius 1 is 1.42 bits per heavy atom. The molecule has 0 saturated carbocycles. The average molecular weight is 279 g/mol. The number of nitrogens with zero attached hydrogens (tertiary/aromatic N) is 2. The molecule has 6 heteroatoms. The number of amides is 1. The van der Waals surface area contributed by atoms with E-state index in [1.54, 1.807) is 16.9 Å². The number of aromatic nitrogens is 2. The van der Waals surface area contributed by atoms with E-state index >= 15 is 0 Å². The molecule has 0 saturated heterocycles. The predicted molar refractivity (Wildman–Crippen MR) is 74.0 cm³/mol. The first-order valence-corrected chi connectivity index (χ1v) is 6.22. The van der Waals surface area contributed by atoms with Crippen LogP contribution in [0.5, 0.6) is 0 Å². The Labute approximate surface area is 116 Å². The van der Waals surface area contributed by atoms with Gasteiger partial charge in [-0.1, -0.05) is 29.8 Å². The van der Waals surface area contributed by atoms with E-state index in [1.807, 2.05) is 25.1 Å². The first kappa shape index (κ1) is 13.6. The molecule has 0 fully saturated rings. The first-order chi connectivity index (χ1) is 9.00. The number of primary amides is 1. The van der Waals surface area contributed by atoms with Crippen molar-refractivity contribution in [2.75, 3.05) is 0 Å². The van der Waals surface area contributed by atoms with E-state index in [-0.39, 0.29) is 12.1 Å². The fourth-order valence-electron chi connectivity index (χ4n) is 2.00. The number of hydrogen-bond acceptors (Lipinski definition) is 3. The minimum absolute atomic E-state index is 0.222. The maximum absolute atomic E-state index is 11.1. The SMILES string of the molecule is CC(N)C(c1ccccc1Cl)n1cc(C(N)=O)cn1. The summed E-state index contributed by atoms with van der Waals surface area (Å²) in [4.78, 5) is 11.1. The van der Waals surface area contributed by atoms with Crippen molar-refractivity contribution in [3.8, 4) is 0 Å². The molecule has 0 radical (unpaired) electrons. The summed E-state index contributed by atoms with van der Waals surface area (Å²) < 4.78 is 1.62. The van der Waals surface area contributed by atoms with Gasteiger partial charge in [-0.05, 0) is 18.6 Å². The van der Waals surface area contributed by atoms with Gasteiger partial charge in [0, 0.05) is 17.3 Å². The van der Waals surface area contributed by atoms with E-state index in [4.69, 9.17) is 23.1 Å². The second-order valence-corrected chi connectivity index (χ2v) is 4.81. The van der Waals surface area contributed by atoms with Gasteiger partial charge < -0.3 is 11.5 Å². The number of carbonyl (C=O) groups is 1. The maximum atomic E-state index is 11.1. The third-order valence-electron chi connectivity index (χ3n) is 2.89. The molecule has 1 aromatic carbocycles. The van der Waals surface area contributed by atoms with Crippen LogP contribution in [-0.4, -0.2) is 21.7 Å². The smallest absolute Gasteiger partial charge is 0.251 e. The lowest BCUT2D eigenvalue weighted by Crippen LogP contribution is -2.30. The molecule has 5 nitrogen and oxygen atoms in total. The molecular formula is C13H15ClN4O. The number of nitrogens with two attached hydrogens (primary N) is 2. The average Bonchev–Trinajstić information content (AvgIpc) is 2.81. The molecule has 4 N–H and O–H groups in total. The van der Waals surface area contributed by atoms with Crippen LogP contribution in [0.15, 0.2) is 36.7 Å². The molecule has 0 bridgehead atoms. The summed E-state index contributed by atoms with van der Waals surface area (Å²) in [6.45, 7) is 1.86. The number of rotatable bonds is 4. The van der Waals surface area contributed by atoms with Crippen LogP contribution < -0.4 is 11.5 Å². The fraction of sp³-hybridized carbons (Fsp3) is 0.231. The third kappa shape index (κ3) is 2.77. The molecule has 2 rings (SSSR count). The second kappa shape index (κ2) is 5.42. The van der Waals surface area contributed by atoms with Gasteiger partial charge in [0.1, 0.15) is 0 Å². The first-order valence-electron chi connectivity index (χ1n) is 5.84. The molecule has 2 aromatic rings. The van der Waals surface area contributed by atoms with Crippen LogP contribution >= 0.6 is 11.6 Å². The zero-order chi connectivity index (χ0) is 14.0. The molecule has 100 valence electrons. The molecule has 0 aliphatic heterocycles. The van der Waals surface area contributed by atoms with E-state index in [2.05, 4.69) is 5.10 Å². The van der Waals surface area contributed by atoms with Crippen LogP contribution in [0.25, 0.3) is 0 Å². The molecule has 2 atom stereocenters. The number of benzene rings is 1. The quantitative estimate of drug-likeness (QED) is 0.890. The molecule has 0 aliphatic carbocycles. The van der Waals surface area contributed by atoms with Gasteiger partial charge in [-0.3, -0.25) is 9.48 Å². The lowest BCUT2D eigenvalue weighted by molar-refractivity contribution is 0.1000. The highest BCUT2D eigenvalue weighted by molar-refractivity contribution is 6.31. The summed E-state index contributed by atoms with van der Waals surface area (Å²) in [5.74, 6) is -0.520. The van der Waals surface area contributed by atoms with Crippen molar-refractivity contribution in [1.29, 1.82) is 0 Å². The third-order valence-corrected chi connectivity index (χ3v) is 3.24. The van der Waals surface area contributed by atoms with Gasteiger partial charge in [-0.25, -0.2) is 0 Å². The summed E-state index contributed by atoms with van der Waals surface area (Å²) in [6, 6.07) is 6.95. The normalized spacial score (nSPS) is 14.1. The summed E-state index contributed by atoms with van der Waals surface area (Å²) in [6.07, 6.45) is 3.01. The van der Waals surface area contributed by atoms with Crippen LogP contribution in [0.3, 0.4) is 0 Å². The van der Waals surface area contributed by atoms with Gasteiger partial charge in [0.25, 0.3) is 5.91 Å². The van der Waals surface area contributed by atoms with Crippen molar-refractivity contribution in [1.82, 2.24) is 9.78 Å². The van der Waals surface area contributed by atoms with E-state index in [9.17, 15) is 4.79 Å². The Hall–Kier alpha value is -1.85. The molecule has 1 heterocycles. The number of hydrogen-bond donors (Lipinski definition) is 2. The fourth-order valence-corrected chi connectivity index (χ4v) is 2.25. The maximum Gasteiger partial charge on any atom is 0.251 e. The zero-order valence-corrected chi connectivity index (χ0v) is 11.2. The summed E-state index contributed by atoms with van der Waals surface area (Å²) in [5.41, 5.74) is 12.4. The van der Waals surface area contributed by atoms with Gasteiger partial charge in [-0.15, -0.1) is 0 Å². The Morgan fingerprint density at radius 3 is 2.63 bits per heavy atom. The lowest BCUT2D eigenvalue weighted by Gasteiger charge is -2.22. The highest BCUT2D eigenvalue weighted by atomic mass is 35.5.